The molecule has 0 unspecified atom stereocenters. The van der Waals surface area contributed by atoms with Crippen molar-refractivity contribution in [2.75, 3.05) is 59.5 Å². The largest absolute Gasteiger partial charge is 3.00 e. The van der Waals surface area contributed by atoms with Crippen molar-refractivity contribution < 1.29 is 29.5 Å². The quantitative estimate of drug-likeness (QED) is 0.349. The first-order valence-corrected chi connectivity index (χ1v) is 6.22. The van der Waals surface area contributed by atoms with Crippen LogP contribution in [-0.4, -0.2) is 79.3 Å². The van der Waals surface area contributed by atoms with Crippen molar-refractivity contribution in [3.8, 4) is 0 Å². The second-order valence-electron chi connectivity index (χ2n) is 2.70. The average Bonchev–Trinajstić information content (AvgIpc) is 2.42. The van der Waals surface area contributed by atoms with Gasteiger partial charge in [-0.1, -0.05) is 0 Å². The van der Waals surface area contributed by atoms with Gasteiger partial charge in [0.25, 0.3) is 0 Å². The summed E-state index contributed by atoms with van der Waals surface area (Å²) in [6, 6.07) is 0. The van der Waals surface area contributed by atoms with E-state index < -0.39 is 0 Å². The molecule has 0 N–H and O–H groups in total. The second-order valence-corrected chi connectivity index (χ2v) is 2.70. The fourth-order valence-corrected chi connectivity index (χ4v) is 0.610. The predicted octanol–water partition coefficient (Wildman–Crippen LogP) is -2.23. The van der Waals surface area contributed by atoms with Crippen LogP contribution in [0.3, 0.4) is 0 Å². The first-order valence-electron chi connectivity index (χ1n) is 6.22. The Morgan fingerprint density at radius 3 is 0.842 bits per heavy atom. The predicted molar refractivity (Wildman–Crippen MR) is 69.8 cm³/mol. The van der Waals surface area contributed by atoms with Crippen molar-refractivity contribution >= 4 is 19.8 Å². The SMILES string of the molecule is CCOCC[O-].CCOCC[O-].CCOCC[O-].[Ga+3]. The van der Waals surface area contributed by atoms with Gasteiger partial charge in [-0.2, -0.15) is 0 Å². The zero-order valence-electron chi connectivity index (χ0n) is 12.4. The van der Waals surface area contributed by atoms with E-state index >= 15 is 0 Å². The van der Waals surface area contributed by atoms with Crippen molar-refractivity contribution in [1.29, 1.82) is 0 Å². The monoisotopic (exact) mass is 336 g/mol. The van der Waals surface area contributed by atoms with Gasteiger partial charge in [-0.15, -0.1) is 19.8 Å². The number of hydrogen-bond donors (Lipinski definition) is 0. The maximum atomic E-state index is 9.56. The fourth-order valence-electron chi connectivity index (χ4n) is 0.610. The third-order valence-electron chi connectivity index (χ3n) is 1.30. The minimum atomic E-state index is -0.117. The molecule has 0 amide bonds. The van der Waals surface area contributed by atoms with Crippen molar-refractivity contribution in [2.24, 2.45) is 0 Å². The maximum absolute atomic E-state index is 9.56. The van der Waals surface area contributed by atoms with E-state index in [0.717, 1.165) is 0 Å². The van der Waals surface area contributed by atoms with Gasteiger partial charge in [0, 0.05) is 39.6 Å². The standard InChI is InChI=1S/3C4H9O2.Ga/c3*1-2-6-4-3-5;/h3*2-4H2,1H3;/q3*-1;+3. The van der Waals surface area contributed by atoms with E-state index in [1.54, 1.807) is 0 Å². The van der Waals surface area contributed by atoms with Gasteiger partial charge < -0.3 is 29.5 Å². The van der Waals surface area contributed by atoms with Crippen LogP contribution in [0.2, 0.25) is 0 Å². The van der Waals surface area contributed by atoms with Crippen LogP contribution >= 0.6 is 0 Å². The zero-order chi connectivity index (χ0) is 14.5. The number of ether oxygens (including phenoxy) is 3. The summed E-state index contributed by atoms with van der Waals surface area (Å²) in [4.78, 5) is 0. The van der Waals surface area contributed by atoms with Gasteiger partial charge in [-0.05, 0) is 20.8 Å². The molecule has 19 heavy (non-hydrogen) atoms. The first kappa shape index (κ1) is 27.7. The fraction of sp³-hybridized carbons (Fsp3) is 1.00. The molecule has 0 spiro atoms. The van der Waals surface area contributed by atoms with Crippen molar-refractivity contribution in [3.05, 3.63) is 0 Å². The number of rotatable bonds is 9. The van der Waals surface area contributed by atoms with Crippen LogP contribution in [0.15, 0.2) is 0 Å². The Morgan fingerprint density at radius 2 is 0.789 bits per heavy atom. The van der Waals surface area contributed by atoms with Gasteiger partial charge in [0.1, 0.15) is 0 Å². The third kappa shape index (κ3) is 56.0. The van der Waals surface area contributed by atoms with Crippen molar-refractivity contribution in [3.63, 3.8) is 0 Å². The van der Waals surface area contributed by atoms with Crippen LogP contribution in [0.1, 0.15) is 20.8 Å². The summed E-state index contributed by atoms with van der Waals surface area (Å²) in [7, 11) is 0. The summed E-state index contributed by atoms with van der Waals surface area (Å²) in [5, 5.41) is 28.7. The van der Waals surface area contributed by atoms with Gasteiger partial charge in [0.05, 0.1) is 0 Å². The molecular weight excluding hydrogens is 310 g/mol. The smallest absolute Gasteiger partial charge is 0.853 e. The molecule has 0 saturated heterocycles. The Labute approximate surface area is 130 Å². The minimum absolute atomic E-state index is 0. The van der Waals surface area contributed by atoms with E-state index in [4.69, 9.17) is 0 Å². The minimum Gasteiger partial charge on any atom is -0.853 e. The summed E-state index contributed by atoms with van der Waals surface area (Å²) in [5.74, 6) is 0. The van der Waals surface area contributed by atoms with E-state index in [1.165, 1.54) is 0 Å². The van der Waals surface area contributed by atoms with Gasteiger partial charge in [0.15, 0.2) is 0 Å². The van der Waals surface area contributed by atoms with Crippen LogP contribution in [0.4, 0.5) is 0 Å². The molecular formula is C12H27GaO6. The molecule has 0 saturated carbocycles. The van der Waals surface area contributed by atoms with Crippen molar-refractivity contribution in [2.45, 2.75) is 20.8 Å². The zero-order valence-corrected chi connectivity index (χ0v) is 14.8. The average molecular weight is 337 g/mol. The van der Waals surface area contributed by atoms with Gasteiger partial charge >= 0.3 is 19.8 Å². The number of hydrogen-bond acceptors (Lipinski definition) is 6. The van der Waals surface area contributed by atoms with Crippen LogP contribution in [0.5, 0.6) is 0 Å². The molecule has 0 aliphatic rings. The first-order chi connectivity index (χ1) is 8.74. The summed E-state index contributed by atoms with van der Waals surface area (Å²) in [6.07, 6.45) is 0. The molecule has 0 aromatic rings. The Bertz CT molecular complexity index is 77.2. The maximum Gasteiger partial charge on any atom is 3.00 e. The second kappa shape index (κ2) is 36.2. The molecule has 0 aliphatic carbocycles. The molecule has 7 heteroatoms. The molecule has 6 nitrogen and oxygen atoms in total. The van der Waals surface area contributed by atoms with E-state index in [0.29, 0.717) is 39.6 Å². The Kier molecular flexibility index (Phi) is 52.8. The van der Waals surface area contributed by atoms with Crippen LogP contribution in [0, 0.1) is 0 Å². The van der Waals surface area contributed by atoms with Gasteiger partial charge in [-0.3, -0.25) is 0 Å². The summed E-state index contributed by atoms with van der Waals surface area (Å²) < 4.78 is 14.0. The van der Waals surface area contributed by atoms with Gasteiger partial charge in [-0.25, -0.2) is 0 Å². The Balaban J connectivity index is -0.0000000865. The molecule has 0 aromatic heterocycles. The van der Waals surface area contributed by atoms with E-state index in [-0.39, 0.29) is 39.6 Å². The molecule has 0 radical (unpaired) electrons. The topological polar surface area (TPSA) is 96.9 Å². The Morgan fingerprint density at radius 1 is 0.579 bits per heavy atom. The third-order valence-corrected chi connectivity index (χ3v) is 1.30. The summed E-state index contributed by atoms with van der Waals surface area (Å²) in [6.45, 7) is 8.30. The van der Waals surface area contributed by atoms with Gasteiger partial charge in [0.2, 0.25) is 0 Å². The van der Waals surface area contributed by atoms with E-state index in [9.17, 15) is 15.3 Å². The van der Waals surface area contributed by atoms with Crippen LogP contribution in [-0.2, 0) is 14.2 Å². The molecule has 0 heterocycles. The molecule has 0 atom stereocenters. The molecule has 0 aliphatic heterocycles. The van der Waals surface area contributed by atoms with E-state index in [2.05, 4.69) is 14.2 Å². The molecule has 0 aromatic carbocycles. The normalized spacial score (nSPS) is 8.53. The molecule has 114 valence electrons. The van der Waals surface area contributed by atoms with Crippen LogP contribution < -0.4 is 15.3 Å². The summed E-state index contributed by atoms with van der Waals surface area (Å²) >= 11 is 0. The molecule has 0 bridgehead atoms. The molecule has 0 fully saturated rings. The van der Waals surface area contributed by atoms with Crippen molar-refractivity contribution in [1.82, 2.24) is 0 Å². The Hall–Kier alpha value is 0.396. The van der Waals surface area contributed by atoms with Crippen LogP contribution in [0.25, 0.3) is 0 Å². The molecule has 0 rings (SSSR count). The summed E-state index contributed by atoms with van der Waals surface area (Å²) in [5.41, 5.74) is 0. The van der Waals surface area contributed by atoms with E-state index in [1.807, 2.05) is 20.8 Å².